The minimum Gasteiger partial charge on any atom is -0.383 e. The van der Waals surface area contributed by atoms with E-state index in [1.54, 1.807) is 0 Å². The average molecular weight is 134 g/mol. The fraction of sp³-hybridized carbons (Fsp3) is 0.250. The first-order valence-corrected chi connectivity index (χ1v) is 3.50. The van der Waals surface area contributed by atoms with Gasteiger partial charge in [0.2, 0.25) is 0 Å². The van der Waals surface area contributed by atoms with Gasteiger partial charge in [-0.05, 0) is 18.4 Å². The van der Waals surface area contributed by atoms with E-state index in [2.05, 4.69) is 28.9 Å². The zero-order valence-electron chi connectivity index (χ0n) is 5.67. The van der Waals surface area contributed by atoms with Gasteiger partial charge in [0, 0.05) is 12.2 Å². The smallest absolute Gasteiger partial charge is 0.0840 e. The van der Waals surface area contributed by atoms with Crippen molar-refractivity contribution >= 4 is 0 Å². The second-order valence-electron chi connectivity index (χ2n) is 2.43. The Morgan fingerprint density at radius 3 is 3.40 bits per heavy atom. The molecule has 2 aliphatic rings. The van der Waals surface area contributed by atoms with E-state index in [0.717, 1.165) is 6.54 Å². The van der Waals surface area contributed by atoms with E-state index in [0.29, 0.717) is 6.04 Å². The molecule has 0 spiro atoms. The van der Waals surface area contributed by atoms with Crippen LogP contribution in [0.2, 0.25) is 0 Å². The van der Waals surface area contributed by atoms with Crippen molar-refractivity contribution in [1.82, 2.24) is 10.6 Å². The summed E-state index contributed by atoms with van der Waals surface area (Å²) >= 11 is 0. The molecule has 1 unspecified atom stereocenters. The van der Waals surface area contributed by atoms with Crippen LogP contribution in [-0.4, -0.2) is 12.6 Å². The number of hydrogen-bond acceptors (Lipinski definition) is 2. The van der Waals surface area contributed by atoms with Crippen LogP contribution in [0.4, 0.5) is 0 Å². The molecule has 2 N–H and O–H groups in total. The molecule has 0 aromatic rings. The molecule has 2 nitrogen and oxygen atoms in total. The van der Waals surface area contributed by atoms with E-state index in [-0.39, 0.29) is 0 Å². The molecular weight excluding hydrogens is 124 g/mol. The Kier molecular flexibility index (Phi) is 1.24. The number of nitrogens with one attached hydrogen (secondary N) is 2. The summed E-state index contributed by atoms with van der Waals surface area (Å²) in [5.41, 5.74) is 1.27. The first-order chi connectivity index (χ1) is 4.97. The van der Waals surface area contributed by atoms with Crippen molar-refractivity contribution in [1.29, 1.82) is 0 Å². The van der Waals surface area contributed by atoms with E-state index in [4.69, 9.17) is 0 Å². The molecule has 0 aromatic heterocycles. The third-order valence-corrected chi connectivity index (χ3v) is 1.74. The Hall–Kier alpha value is -1.18. The fourth-order valence-corrected chi connectivity index (χ4v) is 1.21. The molecule has 10 heavy (non-hydrogen) atoms. The van der Waals surface area contributed by atoms with Crippen LogP contribution in [0.5, 0.6) is 0 Å². The van der Waals surface area contributed by atoms with Crippen LogP contribution < -0.4 is 10.6 Å². The molecule has 2 aliphatic heterocycles. The van der Waals surface area contributed by atoms with Gasteiger partial charge in [-0.1, -0.05) is 12.2 Å². The third-order valence-electron chi connectivity index (χ3n) is 1.74. The van der Waals surface area contributed by atoms with Gasteiger partial charge in [-0.25, -0.2) is 0 Å². The third kappa shape index (κ3) is 0.817. The van der Waals surface area contributed by atoms with Gasteiger partial charge < -0.3 is 10.6 Å². The topological polar surface area (TPSA) is 24.1 Å². The molecular formula is C8H10N2. The van der Waals surface area contributed by atoms with Crippen molar-refractivity contribution in [2.45, 2.75) is 6.04 Å². The molecule has 52 valence electrons. The molecule has 0 radical (unpaired) electrons. The van der Waals surface area contributed by atoms with E-state index >= 15 is 0 Å². The fourth-order valence-electron chi connectivity index (χ4n) is 1.21. The molecule has 2 rings (SSSR count). The van der Waals surface area contributed by atoms with Crippen LogP contribution in [0.3, 0.4) is 0 Å². The normalized spacial score (nSPS) is 28.0. The van der Waals surface area contributed by atoms with Gasteiger partial charge in [-0.15, -0.1) is 0 Å². The highest BCUT2D eigenvalue weighted by molar-refractivity contribution is 5.29. The van der Waals surface area contributed by atoms with Gasteiger partial charge in [0.15, 0.2) is 0 Å². The van der Waals surface area contributed by atoms with Crippen LogP contribution in [-0.2, 0) is 0 Å². The predicted octanol–water partition coefficient (Wildman–Crippen LogP) is 0.515. The maximum atomic E-state index is 3.28. The molecule has 0 saturated carbocycles. The van der Waals surface area contributed by atoms with Crippen molar-refractivity contribution in [2.75, 3.05) is 6.54 Å². The maximum absolute atomic E-state index is 3.28. The van der Waals surface area contributed by atoms with Crippen LogP contribution in [0.1, 0.15) is 0 Å². The summed E-state index contributed by atoms with van der Waals surface area (Å²) in [4.78, 5) is 0. The van der Waals surface area contributed by atoms with Crippen LogP contribution in [0.25, 0.3) is 0 Å². The molecule has 0 amide bonds. The van der Waals surface area contributed by atoms with Gasteiger partial charge in [0.1, 0.15) is 0 Å². The van der Waals surface area contributed by atoms with Crippen LogP contribution in [0, 0.1) is 0 Å². The number of allylic oxidation sites excluding steroid dienone is 2. The van der Waals surface area contributed by atoms with Crippen molar-refractivity contribution < 1.29 is 0 Å². The first-order valence-electron chi connectivity index (χ1n) is 3.50. The second-order valence-corrected chi connectivity index (χ2v) is 2.43. The van der Waals surface area contributed by atoms with E-state index < -0.39 is 0 Å². The lowest BCUT2D eigenvalue weighted by atomic mass is 10.1. The van der Waals surface area contributed by atoms with E-state index in [1.807, 2.05) is 12.3 Å². The summed E-state index contributed by atoms with van der Waals surface area (Å²) in [7, 11) is 0. The molecule has 1 atom stereocenters. The summed E-state index contributed by atoms with van der Waals surface area (Å²) < 4.78 is 0. The zero-order chi connectivity index (χ0) is 6.81. The van der Waals surface area contributed by atoms with Gasteiger partial charge in [-0.2, -0.15) is 0 Å². The highest BCUT2D eigenvalue weighted by atomic mass is 15.0. The second kappa shape index (κ2) is 2.21. The van der Waals surface area contributed by atoms with Crippen LogP contribution in [0.15, 0.2) is 36.2 Å². The molecule has 2 heterocycles. The lowest BCUT2D eigenvalue weighted by Gasteiger charge is -2.24. The quantitative estimate of drug-likeness (QED) is 0.472. The van der Waals surface area contributed by atoms with Gasteiger partial charge >= 0.3 is 0 Å². The molecule has 0 aromatic carbocycles. The molecule has 0 aliphatic carbocycles. The van der Waals surface area contributed by atoms with E-state index in [1.165, 1.54) is 5.70 Å². The van der Waals surface area contributed by atoms with Crippen molar-refractivity contribution in [3.63, 3.8) is 0 Å². The Balaban J connectivity index is 2.26. The first kappa shape index (κ1) is 5.59. The summed E-state index contributed by atoms with van der Waals surface area (Å²) in [5, 5.41) is 6.50. The molecule has 0 fully saturated rings. The maximum Gasteiger partial charge on any atom is 0.0840 e. The van der Waals surface area contributed by atoms with Crippen molar-refractivity contribution in [3.05, 3.63) is 36.2 Å². The minimum atomic E-state index is 0.388. The highest BCUT2D eigenvalue weighted by Crippen LogP contribution is 2.08. The Morgan fingerprint density at radius 2 is 2.50 bits per heavy atom. The Labute approximate surface area is 60.3 Å². The van der Waals surface area contributed by atoms with Crippen LogP contribution >= 0.6 is 0 Å². The van der Waals surface area contributed by atoms with E-state index in [9.17, 15) is 0 Å². The van der Waals surface area contributed by atoms with Gasteiger partial charge in [-0.3, -0.25) is 0 Å². The predicted molar refractivity (Wildman–Crippen MR) is 41.3 cm³/mol. The van der Waals surface area contributed by atoms with Gasteiger partial charge in [0.05, 0.1) is 6.04 Å². The highest BCUT2D eigenvalue weighted by Gasteiger charge is 2.12. The van der Waals surface area contributed by atoms with Crippen molar-refractivity contribution in [2.24, 2.45) is 0 Å². The number of dihydropyridines is 1. The summed E-state index contributed by atoms with van der Waals surface area (Å²) in [5.74, 6) is 0. The molecule has 0 saturated heterocycles. The SMILES string of the molecule is C1=CNC2C=CCNC2=C1. The summed E-state index contributed by atoms with van der Waals surface area (Å²) in [6.07, 6.45) is 10.4. The largest absolute Gasteiger partial charge is 0.383 e. The van der Waals surface area contributed by atoms with Gasteiger partial charge in [0.25, 0.3) is 0 Å². The monoisotopic (exact) mass is 134 g/mol. The Bertz CT molecular complexity index is 213. The minimum absolute atomic E-state index is 0.388. The standard InChI is InChI=1S/C8H10N2/c1-3-7-8(9-5-1)4-2-6-10-7/h1-5,8-10H,6H2. The average Bonchev–Trinajstić information content (AvgIpc) is 2.05. The molecule has 2 heteroatoms. The number of fused-ring (bicyclic) bond motifs is 1. The Morgan fingerprint density at radius 1 is 1.50 bits per heavy atom. The molecule has 0 bridgehead atoms. The van der Waals surface area contributed by atoms with Crippen molar-refractivity contribution in [3.8, 4) is 0 Å². The lowest BCUT2D eigenvalue weighted by molar-refractivity contribution is 0.679. The summed E-state index contributed by atoms with van der Waals surface area (Å²) in [6, 6.07) is 0.388. The number of hydrogen-bond donors (Lipinski definition) is 2. The number of rotatable bonds is 0. The lowest BCUT2D eigenvalue weighted by Crippen LogP contribution is -2.36. The zero-order valence-corrected chi connectivity index (χ0v) is 5.67. The summed E-state index contributed by atoms with van der Waals surface area (Å²) in [6.45, 7) is 0.956.